The molecule has 2 aromatic heterocycles. The normalized spacial score (nSPS) is 14.7. The first-order chi connectivity index (χ1) is 11.7. The van der Waals surface area contributed by atoms with Gasteiger partial charge in [-0.15, -0.1) is 0 Å². The molecule has 2 N–H and O–H groups in total. The van der Waals surface area contributed by atoms with Crippen molar-refractivity contribution >= 4 is 11.7 Å². The lowest BCUT2D eigenvalue weighted by Crippen LogP contribution is -2.30. The van der Waals surface area contributed by atoms with Gasteiger partial charge in [0.25, 0.3) is 0 Å². The highest BCUT2D eigenvalue weighted by Gasteiger charge is 2.17. The highest BCUT2D eigenvalue weighted by atomic mass is 16.1. The Morgan fingerprint density at radius 2 is 2.08 bits per heavy atom. The molecule has 1 amide bonds. The Balaban J connectivity index is 1.43. The number of amides is 1. The van der Waals surface area contributed by atoms with Crippen LogP contribution in [0.5, 0.6) is 0 Å². The van der Waals surface area contributed by atoms with E-state index in [1.54, 1.807) is 6.20 Å². The van der Waals surface area contributed by atoms with Crippen molar-refractivity contribution in [2.45, 2.75) is 39.0 Å². The van der Waals surface area contributed by atoms with Crippen LogP contribution >= 0.6 is 0 Å². The molecule has 3 rings (SSSR count). The Morgan fingerprint density at radius 3 is 2.83 bits per heavy atom. The number of rotatable bonds is 7. The van der Waals surface area contributed by atoms with E-state index in [0.29, 0.717) is 25.4 Å². The Bertz CT molecular complexity index is 677. The molecule has 24 heavy (non-hydrogen) atoms. The number of nitrogens with one attached hydrogen (secondary N) is 2. The number of carbonyl (C=O) groups is 1. The lowest BCUT2D eigenvalue weighted by atomic mass is 10.0. The van der Waals surface area contributed by atoms with Gasteiger partial charge in [0.2, 0.25) is 5.91 Å². The molecule has 1 saturated carbocycles. The summed E-state index contributed by atoms with van der Waals surface area (Å²) in [6.07, 6.45) is 10.7. The van der Waals surface area contributed by atoms with Crippen molar-refractivity contribution in [3.05, 3.63) is 30.6 Å². The van der Waals surface area contributed by atoms with Gasteiger partial charge in [-0.25, -0.2) is 15.0 Å². The summed E-state index contributed by atoms with van der Waals surface area (Å²) >= 11 is 0. The minimum absolute atomic E-state index is 0.154. The van der Waals surface area contributed by atoms with Crippen LogP contribution in [-0.4, -0.2) is 38.5 Å². The first-order valence-corrected chi connectivity index (χ1v) is 8.55. The predicted octanol–water partition coefficient (Wildman–Crippen LogP) is 2.08. The fourth-order valence-electron chi connectivity index (χ4n) is 3.14. The molecule has 0 saturated heterocycles. The van der Waals surface area contributed by atoms with Gasteiger partial charge in [-0.1, -0.05) is 12.8 Å². The molecule has 0 aliphatic heterocycles. The van der Waals surface area contributed by atoms with Crippen molar-refractivity contribution in [3.63, 3.8) is 0 Å². The first-order valence-electron chi connectivity index (χ1n) is 8.55. The van der Waals surface area contributed by atoms with Crippen LogP contribution in [-0.2, 0) is 4.79 Å². The number of hydrogen-bond donors (Lipinski definition) is 2. The summed E-state index contributed by atoms with van der Waals surface area (Å²) in [7, 11) is 0. The van der Waals surface area contributed by atoms with Crippen LogP contribution in [0.15, 0.2) is 24.8 Å². The maximum Gasteiger partial charge on any atom is 0.220 e. The van der Waals surface area contributed by atoms with E-state index in [1.807, 2.05) is 23.8 Å². The third-order valence-corrected chi connectivity index (χ3v) is 4.43. The van der Waals surface area contributed by atoms with E-state index < -0.39 is 0 Å². The van der Waals surface area contributed by atoms with Gasteiger partial charge in [0.05, 0.1) is 0 Å². The summed E-state index contributed by atoms with van der Waals surface area (Å²) in [6, 6.07) is 1.87. The molecule has 7 heteroatoms. The van der Waals surface area contributed by atoms with Gasteiger partial charge in [-0.2, -0.15) is 0 Å². The SMILES string of the molecule is Cc1nccn1-c1cc(NCCNC(=O)CC2CCCC2)ncn1. The van der Waals surface area contributed by atoms with Crippen molar-refractivity contribution in [3.8, 4) is 5.82 Å². The number of carbonyl (C=O) groups excluding carboxylic acids is 1. The first kappa shape index (κ1) is 16.4. The zero-order valence-electron chi connectivity index (χ0n) is 14.0. The van der Waals surface area contributed by atoms with E-state index >= 15 is 0 Å². The van der Waals surface area contributed by atoms with Gasteiger partial charge in [0, 0.05) is 38.0 Å². The molecule has 0 atom stereocenters. The summed E-state index contributed by atoms with van der Waals surface area (Å²) in [4.78, 5) is 24.5. The van der Waals surface area contributed by atoms with Crippen LogP contribution in [0.25, 0.3) is 5.82 Å². The monoisotopic (exact) mass is 328 g/mol. The molecular weight excluding hydrogens is 304 g/mol. The predicted molar refractivity (Wildman–Crippen MR) is 92.0 cm³/mol. The lowest BCUT2D eigenvalue weighted by molar-refractivity contribution is -0.121. The van der Waals surface area contributed by atoms with Gasteiger partial charge < -0.3 is 10.6 Å². The number of aryl methyl sites for hydroxylation is 1. The Hall–Kier alpha value is -2.44. The maximum atomic E-state index is 11.9. The van der Waals surface area contributed by atoms with Crippen molar-refractivity contribution < 1.29 is 4.79 Å². The molecule has 0 unspecified atom stereocenters. The largest absolute Gasteiger partial charge is 0.368 e. The highest BCUT2D eigenvalue weighted by Crippen LogP contribution is 2.27. The van der Waals surface area contributed by atoms with E-state index in [9.17, 15) is 4.79 Å². The number of anilines is 1. The van der Waals surface area contributed by atoms with Crippen LogP contribution in [0, 0.1) is 12.8 Å². The van der Waals surface area contributed by atoms with Crippen molar-refractivity contribution in [2.75, 3.05) is 18.4 Å². The van der Waals surface area contributed by atoms with E-state index in [0.717, 1.165) is 17.5 Å². The Morgan fingerprint density at radius 1 is 1.25 bits per heavy atom. The van der Waals surface area contributed by atoms with Crippen molar-refractivity contribution in [1.82, 2.24) is 24.8 Å². The lowest BCUT2D eigenvalue weighted by Gasteiger charge is -2.11. The fraction of sp³-hybridized carbons (Fsp3) is 0.529. The van der Waals surface area contributed by atoms with Crippen LogP contribution in [0.1, 0.15) is 37.9 Å². The molecule has 0 radical (unpaired) electrons. The molecule has 1 aliphatic rings. The zero-order chi connectivity index (χ0) is 16.8. The van der Waals surface area contributed by atoms with Gasteiger partial charge in [0.1, 0.15) is 23.8 Å². The average molecular weight is 328 g/mol. The molecule has 2 aromatic rings. The summed E-state index contributed by atoms with van der Waals surface area (Å²) in [5.74, 6) is 3.12. The standard InChI is InChI=1S/C17H24N6O/c1-13-18-8-9-23(13)16-11-15(21-12-22-16)19-6-7-20-17(24)10-14-4-2-3-5-14/h8-9,11-12,14H,2-7,10H2,1H3,(H,20,24)(H,19,21,22). The number of imidazole rings is 1. The van der Waals surface area contributed by atoms with Crippen LogP contribution in [0.2, 0.25) is 0 Å². The van der Waals surface area contributed by atoms with Crippen molar-refractivity contribution in [1.29, 1.82) is 0 Å². The van der Waals surface area contributed by atoms with E-state index in [4.69, 9.17) is 0 Å². The van der Waals surface area contributed by atoms with E-state index in [2.05, 4.69) is 25.6 Å². The minimum Gasteiger partial charge on any atom is -0.368 e. The Labute approximate surface area is 141 Å². The molecule has 2 heterocycles. The molecule has 1 fully saturated rings. The molecule has 7 nitrogen and oxygen atoms in total. The second-order valence-electron chi connectivity index (χ2n) is 6.24. The molecule has 128 valence electrons. The van der Waals surface area contributed by atoms with Gasteiger partial charge in [0.15, 0.2) is 0 Å². The van der Waals surface area contributed by atoms with Gasteiger partial charge >= 0.3 is 0 Å². The molecule has 1 aliphatic carbocycles. The van der Waals surface area contributed by atoms with Crippen molar-refractivity contribution in [2.24, 2.45) is 5.92 Å². The number of hydrogen-bond acceptors (Lipinski definition) is 5. The molecule has 0 spiro atoms. The van der Waals surface area contributed by atoms with Gasteiger partial charge in [-0.05, 0) is 25.7 Å². The topological polar surface area (TPSA) is 84.7 Å². The number of nitrogens with zero attached hydrogens (tertiary/aromatic N) is 4. The summed E-state index contributed by atoms with van der Waals surface area (Å²) < 4.78 is 1.90. The summed E-state index contributed by atoms with van der Waals surface area (Å²) in [5.41, 5.74) is 0. The van der Waals surface area contributed by atoms with Crippen LogP contribution < -0.4 is 10.6 Å². The average Bonchev–Trinajstić information content (AvgIpc) is 3.23. The van der Waals surface area contributed by atoms with Crippen LogP contribution in [0.3, 0.4) is 0 Å². The summed E-state index contributed by atoms with van der Waals surface area (Å²) in [6.45, 7) is 3.15. The molecular formula is C17H24N6O. The van der Waals surface area contributed by atoms with E-state index in [-0.39, 0.29) is 5.91 Å². The highest BCUT2D eigenvalue weighted by molar-refractivity contribution is 5.76. The minimum atomic E-state index is 0.154. The second-order valence-corrected chi connectivity index (χ2v) is 6.24. The smallest absolute Gasteiger partial charge is 0.220 e. The third-order valence-electron chi connectivity index (χ3n) is 4.43. The van der Waals surface area contributed by atoms with Gasteiger partial charge in [-0.3, -0.25) is 9.36 Å². The molecule has 0 bridgehead atoms. The summed E-state index contributed by atoms with van der Waals surface area (Å²) in [5, 5.41) is 6.19. The quantitative estimate of drug-likeness (QED) is 0.760. The molecule has 0 aromatic carbocycles. The third kappa shape index (κ3) is 4.31. The second kappa shape index (κ2) is 7.90. The Kier molecular flexibility index (Phi) is 5.40. The number of aromatic nitrogens is 4. The zero-order valence-corrected chi connectivity index (χ0v) is 14.0. The van der Waals surface area contributed by atoms with E-state index in [1.165, 1.54) is 32.0 Å². The fourth-order valence-corrected chi connectivity index (χ4v) is 3.14. The van der Waals surface area contributed by atoms with Crippen LogP contribution in [0.4, 0.5) is 5.82 Å². The maximum absolute atomic E-state index is 11.9.